The molecule has 1 N–H and O–H groups in total. The summed E-state index contributed by atoms with van der Waals surface area (Å²) in [7, 11) is -1.08. The normalized spacial score (nSPS) is 12.3. The quantitative estimate of drug-likeness (QED) is 0.371. The number of carbonyl (C=O) groups is 1. The van der Waals surface area contributed by atoms with Gasteiger partial charge in [0.2, 0.25) is 15.9 Å². The third kappa shape index (κ3) is 7.06. The highest BCUT2D eigenvalue weighted by molar-refractivity contribution is 9.10. The number of benzene rings is 3. The molecule has 35 heavy (non-hydrogen) atoms. The molecule has 0 bridgehead atoms. The van der Waals surface area contributed by atoms with Crippen LogP contribution in [0.1, 0.15) is 24.1 Å². The molecule has 0 aromatic heterocycles. The standard InChI is InChI=1S/C26H29BrN2O5S/c1-19(21-10-7-11-22(27)16-21)28-26(30)18-29(15-14-20-8-5-4-6-9-20)35(31,32)23-12-13-24(33-2)25(17-23)34-3/h4-13,16-17,19H,14-15,18H2,1-3H3,(H,28,30)/t19-/m0/s1. The van der Waals surface area contributed by atoms with Crippen LogP contribution in [-0.2, 0) is 21.2 Å². The maximum atomic E-state index is 13.6. The molecule has 1 amide bonds. The number of nitrogens with zero attached hydrogens (tertiary/aromatic N) is 1. The average Bonchev–Trinajstić information content (AvgIpc) is 2.86. The van der Waals surface area contributed by atoms with E-state index in [1.165, 1.54) is 36.7 Å². The third-order valence-corrected chi connectivity index (χ3v) is 7.87. The van der Waals surface area contributed by atoms with Gasteiger partial charge in [-0.25, -0.2) is 8.42 Å². The fraction of sp³-hybridized carbons (Fsp3) is 0.269. The molecule has 0 aliphatic rings. The van der Waals surface area contributed by atoms with Crippen molar-refractivity contribution in [1.29, 1.82) is 0 Å². The van der Waals surface area contributed by atoms with Crippen molar-refractivity contribution in [1.82, 2.24) is 9.62 Å². The maximum Gasteiger partial charge on any atom is 0.243 e. The topological polar surface area (TPSA) is 84.9 Å². The van der Waals surface area contributed by atoms with E-state index in [9.17, 15) is 13.2 Å². The molecule has 0 fully saturated rings. The highest BCUT2D eigenvalue weighted by Gasteiger charge is 2.28. The average molecular weight is 561 g/mol. The molecule has 0 spiro atoms. The van der Waals surface area contributed by atoms with Gasteiger partial charge >= 0.3 is 0 Å². The Morgan fingerprint density at radius 2 is 1.69 bits per heavy atom. The molecule has 3 aromatic rings. The largest absolute Gasteiger partial charge is 0.493 e. The van der Waals surface area contributed by atoms with Crippen molar-refractivity contribution in [3.8, 4) is 11.5 Å². The summed E-state index contributed by atoms with van der Waals surface area (Å²) in [5, 5.41) is 2.91. The van der Waals surface area contributed by atoms with Gasteiger partial charge in [-0.15, -0.1) is 0 Å². The van der Waals surface area contributed by atoms with Crippen LogP contribution in [-0.4, -0.2) is 45.9 Å². The molecule has 7 nitrogen and oxygen atoms in total. The second kappa shape index (κ2) is 12.2. The van der Waals surface area contributed by atoms with Crippen LogP contribution in [0.5, 0.6) is 11.5 Å². The van der Waals surface area contributed by atoms with E-state index in [0.29, 0.717) is 17.9 Å². The van der Waals surface area contributed by atoms with Gasteiger partial charge in [0.1, 0.15) is 0 Å². The highest BCUT2D eigenvalue weighted by Crippen LogP contribution is 2.30. The molecule has 0 aliphatic heterocycles. The number of nitrogens with one attached hydrogen (secondary N) is 1. The zero-order valence-corrected chi connectivity index (χ0v) is 22.3. The third-order valence-electron chi connectivity index (χ3n) is 5.53. The minimum atomic E-state index is -4.00. The molecule has 1 atom stereocenters. The summed E-state index contributed by atoms with van der Waals surface area (Å²) in [5.74, 6) is 0.321. The van der Waals surface area contributed by atoms with Crippen molar-refractivity contribution < 1.29 is 22.7 Å². The molecule has 3 aromatic carbocycles. The zero-order valence-electron chi connectivity index (χ0n) is 19.9. The Bertz CT molecular complexity index is 1250. The first-order valence-electron chi connectivity index (χ1n) is 11.1. The molecule has 0 saturated carbocycles. The Morgan fingerprint density at radius 1 is 0.971 bits per heavy atom. The molecule has 9 heteroatoms. The van der Waals surface area contributed by atoms with Crippen LogP contribution < -0.4 is 14.8 Å². The Morgan fingerprint density at radius 3 is 2.34 bits per heavy atom. The summed E-state index contributed by atoms with van der Waals surface area (Å²) in [4.78, 5) is 13.0. The van der Waals surface area contributed by atoms with Crippen molar-refractivity contribution in [2.45, 2.75) is 24.3 Å². The smallest absolute Gasteiger partial charge is 0.243 e. The SMILES string of the molecule is COc1ccc(S(=O)(=O)N(CCc2ccccc2)CC(=O)N[C@@H](C)c2cccc(Br)c2)cc1OC. The summed E-state index contributed by atoms with van der Waals surface area (Å²) in [6.07, 6.45) is 0.460. The molecule has 0 saturated heterocycles. The molecule has 0 radical (unpaired) electrons. The van der Waals surface area contributed by atoms with Gasteiger partial charge in [-0.05, 0) is 48.7 Å². The summed E-state index contributed by atoms with van der Waals surface area (Å²) in [6, 6.07) is 21.3. The predicted molar refractivity (Wildman–Crippen MR) is 139 cm³/mol. The highest BCUT2D eigenvalue weighted by atomic mass is 79.9. The minimum absolute atomic E-state index is 0.0241. The number of amides is 1. The number of sulfonamides is 1. The number of halogens is 1. The Kier molecular flexibility index (Phi) is 9.31. The van der Waals surface area contributed by atoms with Gasteiger partial charge in [0.25, 0.3) is 0 Å². The van der Waals surface area contributed by atoms with Crippen LogP contribution in [0, 0.1) is 0 Å². The molecular formula is C26H29BrN2O5S. The lowest BCUT2D eigenvalue weighted by atomic mass is 10.1. The van der Waals surface area contributed by atoms with Crippen LogP contribution in [0.15, 0.2) is 82.2 Å². The fourth-order valence-electron chi connectivity index (χ4n) is 3.62. The van der Waals surface area contributed by atoms with Gasteiger partial charge in [-0.3, -0.25) is 4.79 Å². The van der Waals surface area contributed by atoms with Crippen molar-refractivity contribution in [2.75, 3.05) is 27.3 Å². The second-order valence-corrected chi connectivity index (χ2v) is 10.8. The van der Waals surface area contributed by atoms with Crippen LogP contribution in [0.25, 0.3) is 0 Å². The molecule has 3 rings (SSSR count). The first-order valence-corrected chi connectivity index (χ1v) is 13.3. The first-order chi connectivity index (χ1) is 16.7. The number of hydrogen-bond acceptors (Lipinski definition) is 5. The van der Waals surface area contributed by atoms with E-state index < -0.39 is 15.9 Å². The second-order valence-electron chi connectivity index (χ2n) is 7.94. The molecule has 0 heterocycles. The summed E-state index contributed by atoms with van der Waals surface area (Å²) < 4.78 is 39.8. The number of ether oxygens (including phenoxy) is 2. The van der Waals surface area contributed by atoms with Crippen molar-refractivity contribution >= 4 is 31.9 Å². The molecular weight excluding hydrogens is 532 g/mol. The van der Waals surface area contributed by atoms with E-state index in [1.54, 1.807) is 0 Å². The van der Waals surface area contributed by atoms with Crippen LogP contribution in [0.4, 0.5) is 0 Å². The van der Waals surface area contributed by atoms with Crippen LogP contribution in [0.3, 0.4) is 0 Å². The maximum absolute atomic E-state index is 13.6. The van der Waals surface area contributed by atoms with Crippen LogP contribution >= 0.6 is 15.9 Å². The van der Waals surface area contributed by atoms with E-state index in [0.717, 1.165) is 15.6 Å². The van der Waals surface area contributed by atoms with E-state index in [1.807, 2.05) is 61.5 Å². The molecule has 0 unspecified atom stereocenters. The van der Waals surface area contributed by atoms with Crippen molar-refractivity contribution in [2.24, 2.45) is 0 Å². The summed E-state index contributed by atoms with van der Waals surface area (Å²) >= 11 is 3.43. The number of hydrogen-bond donors (Lipinski definition) is 1. The summed E-state index contributed by atoms with van der Waals surface area (Å²) in [5.41, 5.74) is 1.88. The van der Waals surface area contributed by atoms with E-state index in [4.69, 9.17) is 9.47 Å². The lowest BCUT2D eigenvalue weighted by Crippen LogP contribution is -2.42. The Hall–Kier alpha value is -2.88. The fourth-order valence-corrected chi connectivity index (χ4v) is 5.45. The number of methoxy groups -OCH3 is 2. The van der Waals surface area contributed by atoms with Gasteiger partial charge in [0.15, 0.2) is 11.5 Å². The van der Waals surface area contributed by atoms with Gasteiger partial charge < -0.3 is 14.8 Å². The predicted octanol–water partition coefficient (Wildman–Crippen LogP) is 4.58. The van der Waals surface area contributed by atoms with Gasteiger partial charge in [-0.2, -0.15) is 4.31 Å². The van der Waals surface area contributed by atoms with Gasteiger partial charge in [0, 0.05) is 17.1 Å². The Balaban J connectivity index is 1.84. The Labute approximate surface area is 215 Å². The molecule has 0 aliphatic carbocycles. The van der Waals surface area contributed by atoms with Crippen molar-refractivity contribution in [3.05, 3.63) is 88.4 Å². The zero-order chi connectivity index (χ0) is 25.4. The lowest BCUT2D eigenvalue weighted by Gasteiger charge is -2.24. The summed E-state index contributed by atoms with van der Waals surface area (Å²) in [6.45, 7) is 1.68. The first kappa shape index (κ1) is 26.7. The lowest BCUT2D eigenvalue weighted by molar-refractivity contribution is -0.121. The number of carbonyl (C=O) groups excluding carboxylic acids is 1. The van der Waals surface area contributed by atoms with E-state index in [2.05, 4.69) is 21.2 Å². The minimum Gasteiger partial charge on any atom is -0.493 e. The van der Waals surface area contributed by atoms with Gasteiger partial charge in [0.05, 0.1) is 31.7 Å². The van der Waals surface area contributed by atoms with Gasteiger partial charge in [-0.1, -0.05) is 58.4 Å². The monoisotopic (exact) mass is 560 g/mol. The van der Waals surface area contributed by atoms with Crippen molar-refractivity contribution in [3.63, 3.8) is 0 Å². The number of rotatable bonds is 11. The van der Waals surface area contributed by atoms with E-state index >= 15 is 0 Å². The van der Waals surface area contributed by atoms with E-state index in [-0.39, 0.29) is 24.0 Å². The van der Waals surface area contributed by atoms with Crippen LogP contribution in [0.2, 0.25) is 0 Å². The molecule has 186 valence electrons.